The number of benzene rings is 1. The Labute approximate surface area is 124 Å². The third kappa shape index (κ3) is 5.32. The van der Waals surface area contributed by atoms with E-state index in [-0.39, 0.29) is 12.4 Å². The van der Waals surface area contributed by atoms with Gasteiger partial charge in [0.25, 0.3) is 0 Å². The fourth-order valence-electron chi connectivity index (χ4n) is 1.57. The molecule has 0 radical (unpaired) electrons. The standard InChI is InChI=1S/C15H22FNO4/c1-15(2,14(18)19)10-21-13-11(5-4-6-12(13)16)9-17-7-8-20-3/h4-6,17H,7-10H2,1-3H3,(H,18,19). The van der Waals surface area contributed by atoms with Gasteiger partial charge in [0.2, 0.25) is 0 Å². The number of halogens is 1. The van der Waals surface area contributed by atoms with E-state index < -0.39 is 17.2 Å². The molecule has 0 aliphatic carbocycles. The smallest absolute Gasteiger partial charge is 0.312 e. The number of carboxylic acid groups (broad SMARTS) is 1. The summed E-state index contributed by atoms with van der Waals surface area (Å²) in [5.74, 6) is -1.39. The zero-order chi connectivity index (χ0) is 15.9. The van der Waals surface area contributed by atoms with Crippen LogP contribution < -0.4 is 10.1 Å². The van der Waals surface area contributed by atoms with Gasteiger partial charge in [0.1, 0.15) is 6.61 Å². The Morgan fingerprint density at radius 3 is 2.76 bits per heavy atom. The first-order valence-electron chi connectivity index (χ1n) is 6.71. The van der Waals surface area contributed by atoms with E-state index in [0.29, 0.717) is 25.3 Å². The summed E-state index contributed by atoms with van der Waals surface area (Å²) in [4.78, 5) is 11.1. The maximum atomic E-state index is 13.9. The highest BCUT2D eigenvalue weighted by molar-refractivity contribution is 5.73. The van der Waals surface area contributed by atoms with E-state index >= 15 is 0 Å². The molecule has 0 saturated carbocycles. The summed E-state index contributed by atoms with van der Waals surface area (Å²) in [6.07, 6.45) is 0. The SMILES string of the molecule is COCCNCc1cccc(F)c1OCC(C)(C)C(=O)O. The number of para-hydroxylation sites is 1. The molecule has 0 aromatic heterocycles. The molecule has 0 saturated heterocycles. The second-order valence-corrected chi connectivity index (χ2v) is 5.38. The topological polar surface area (TPSA) is 67.8 Å². The molecule has 0 aliphatic rings. The van der Waals surface area contributed by atoms with E-state index in [4.69, 9.17) is 14.6 Å². The minimum atomic E-state index is -1.08. The summed E-state index contributed by atoms with van der Waals surface area (Å²) in [5.41, 5.74) is -0.435. The molecule has 21 heavy (non-hydrogen) atoms. The molecule has 1 rings (SSSR count). The van der Waals surface area contributed by atoms with Gasteiger partial charge in [0, 0.05) is 25.8 Å². The summed E-state index contributed by atoms with van der Waals surface area (Å²) < 4.78 is 24.2. The van der Waals surface area contributed by atoms with Crippen LogP contribution in [-0.2, 0) is 16.1 Å². The number of methoxy groups -OCH3 is 1. The van der Waals surface area contributed by atoms with Crippen LogP contribution in [0.15, 0.2) is 18.2 Å². The van der Waals surface area contributed by atoms with Gasteiger partial charge in [0.15, 0.2) is 11.6 Å². The minimum absolute atomic E-state index is 0.0942. The molecule has 1 aromatic carbocycles. The Kier molecular flexibility index (Phi) is 6.58. The van der Waals surface area contributed by atoms with Crippen molar-refractivity contribution in [3.8, 4) is 5.75 Å². The van der Waals surface area contributed by atoms with E-state index in [0.717, 1.165) is 0 Å². The van der Waals surface area contributed by atoms with Gasteiger partial charge in [-0.15, -0.1) is 0 Å². The molecule has 0 spiro atoms. The van der Waals surface area contributed by atoms with Crippen molar-refractivity contribution in [1.82, 2.24) is 5.32 Å². The number of aliphatic carboxylic acids is 1. The van der Waals surface area contributed by atoms with Gasteiger partial charge in [-0.05, 0) is 19.9 Å². The van der Waals surface area contributed by atoms with Crippen molar-refractivity contribution < 1.29 is 23.8 Å². The fourth-order valence-corrected chi connectivity index (χ4v) is 1.57. The molecule has 0 unspecified atom stereocenters. The number of nitrogens with one attached hydrogen (secondary N) is 1. The molecule has 0 aliphatic heterocycles. The van der Waals surface area contributed by atoms with Crippen LogP contribution >= 0.6 is 0 Å². The Bertz CT molecular complexity index is 477. The summed E-state index contributed by atoms with van der Waals surface area (Å²) in [6, 6.07) is 4.63. The number of hydrogen-bond donors (Lipinski definition) is 2. The lowest BCUT2D eigenvalue weighted by Crippen LogP contribution is -2.31. The molecule has 5 nitrogen and oxygen atoms in total. The van der Waals surface area contributed by atoms with Gasteiger partial charge in [-0.25, -0.2) is 4.39 Å². The number of hydrogen-bond acceptors (Lipinski definition) is 4. The van der Waals surface area contributed by atoms with E-state index in [1.54, 1.807) is 19.2 Å². The molecule has 0 bridgehead atoms. The van der Waals surface area contributed by atoms with Crippen molar-refractivity contribution in [2.45, 2.75) is 20.4 Å². The lowest BCUT2D eigenvalue weighted by Gasteiger charge is -2.21. The van der Waals surface area contributed by atoms with Gasteiger partial charge < -0.3 is 19.9 Å². The molecule has 118 valence electrons. The van der Waals surface area contributed by atoms with Gasteiger partial charge in [-0.1, -0.05) is 12.1 Å². The Morgan fingerprint density at radius 1 is 1.43 bits per heavy atom. The van der Waals surface area contributed by atoms with Crippen LogP contribution in [0.2, 0.25) is 0 Å². The van der Waals surface area contributed by atoms with E-state index in [2.05, 4.69) is 5.32 Å². The van der Waals surface area contributed by atoms with Gasteiger partial charge in [-0.3, -0.25) is 4.79 Å². The molecule has 6 heteroatoms. The quantitative estimate of drug-likeness (QED) is 0.683. The van der Waals surface area contributed by atoms with Gasteiger partial charge >= 0.3 is 5.97 Å². The maximum Gasteiger partial charge on any atom is 0.312 e. The molecule has 0 atom stereocenters. The first-order chi connectivity index (χ1) is 9.88. The highest BCUT2D eigenvalue weighted by Crippen LogP contribution is 2.25. The van der Waals surface area contributed by atoms with Crippen molar-refractivity contribution in [2.75, 3.05) is 26.9 Å². The molecular weight excluding hydrogens is 277 g/mol. The van der Waals surface area contributed by atoms with Crippen molar-refractivity contribution in [3.63, 3.8) is 0 Å². The monoisotopic (exact) mass is 299 g/mol. The Balaban J connectivity index is 2.73. The summed E-state index contributed by atoms with van der Waals surface area (Å²) in [6.45, 7) is 4.57. The zero-order valence-electron chi connectivity index (χ0n) is 12.6. The number of rotatable bonds is 9. The first kappa shape index (κ1) is 17.4. The van der Waals surface area contributed by atoms with Gasteiger partial charge in [0.05, 0.1) is 12.0 Å². The molecule has 0 amide bonds. The molecular formula is C15H22FNO4. The molecule has 0 fully saturated rings. The van der Waals surface area contributed by atoms with Crippen LogP contribution in [0.3, 0.4) is 0 Å². The highest BCUT2D eigenvalue weighted by atomic mass is 19.1. The second kappa shape index (κ2) is 7.95. The minimum Gasteiger partial charge on any atom is -0.489 e. The van der Waals surface area contributed by atoms with E-state index in [1.807, 2.05) is 0 Å². The Hall–Kier alpha value is -1.66. The Morgan fingerprint density at radius 2 is 2.14 bits per heavy atom. The number of ether oxygens (including phenoxy) is 2. The fraction of sp³-hybridized carbons (Fsp3) is 0.533. The van der Waals surface area contributed by atoms with Crippen molar-refractivity contribution in [2.24, 2.45) is 5.41 Å². The van der Waals surface area contributed by atoms with E-state index in [1.165, 1.54) is 19.9 Å². The van der Waals surface area contributed by atoms with Crippen LogP contribution in [-0.4, -0.2) is 37.9 Å². The third-order valence-corrected chi connectivity index (χ3v) is 3.00. The average molecular weight is 299 g/mol. The van der Waals surface area contributed by atoms with Crippen molar-refractivity contribution in [3.05, 3.63) is 29.6 Å². The van der Waals surface area contributed by atoms with Crippen LogP contribution in [0.5, 0.6) is 5.75 Å². The predicted molar refractivity (Wildman–Crippen MR) is 76.9 cm³/mol. The van der Waals surface area contributed by atoms with E-state index in [9.17, 15) is 9.18 Å². The maximum absolute atomic E-state index is 13.9. The summed E-state index contributed by atoms with van der Waals surface area (Å²) in [7, 11) is 1.60. The first-order valence-corrected chi connectivity index (χ1v) is 6.71. The van der Waals surface area contributed by atoms with Crippen LogP contribution in [0.1, 0.15) is 19.4 Å². The number of carboxylic acids is 1. The number of carbonyl (C=O) groups is 1. The summed E-state index contributed by atoms with van der Waals surface area (Å²) in [5, 5.41) is 12.2. The second-order valence-electron chi connectivity index (χ2n) is 5.38. The normalized spacial score (nSPS) is 11.4. The molecule has 2 N–H and O–H groups in total. The van der Waals surface area contributed by atoms with Crippen molar-refractivity contribution >= 4 is 5.97 Å². The largest absolute Gasteiger partial charge is 0.489 e. The highest BCUT2D eigenvalue weighted by Gasteiger charge is 2.29. The lowest BCUT2D eigenvalue weighted by atomic mass is 9.95. The van der Waals surface area contributed by atoms with Gasteiger partial charge in [-0.2, -0.15) is 0 Å². The van der Waals surface area contributed by atoms with Crippen LogP contribution in [0, 0.1) is 11.2 Å². The molecule has 0 heterocycles. The summed E-state index contributed by atoms with van der Waals surface area (Å²) >= 11 is 0. The molecule has 1 aromatic rings. The van der Waals surface area contributed by atoms with Crippen LogP contribution in [0.4, 0.5) is 4.39 Å². The van der Waals surface area contributed by atoms with Crippen molar-refractivity contribution in [1.29, 1.82) is 0 Å². The predicted octanol–water partition coefficient (Wildman–Crippen LogP) is 2.05. The lowest BCUT2D eigenvalue weighted by molar-refractivity contribution is -0.148. The third-order valence-electron chi connectivity index (χ3n) is 3.00. The average Bonchev–Trinajstić information content (AvgIpc) is 2.42. The van der Waals surface area contributed by atoms with Crippen LogP contribution in [0.25, 0.3) is 0 Å². The zero-order valence-corrected chi connectivity index (χ0v) is 12.6.